The summed E-state index contributed by atoms with van der Waals surface area (Å²) in [5.74, 6) is -0.0225. The first-order chi connectivity index (χ1) is 13.6. The molecule has 0 saturated carbocycles. The Labute approximate surface area is 161 Å². The molecule has 3 aliphatic heterocycles. The molecule has 2 bridgehead atoms. The van der Waals surface area contributed by atoms with Gasteiger partial charge in [0.2, 0.25) is 11.8 Å². The second-order valence-corrected chi connectivity index (χ2v) is 7.39. The molecule has 1 spiro atoms. The summed E-state index contributed by atoms with van der Waals surface area (Å²) in [6.07, 6.45) is 5.04. The fraction of sp³-hybridized carbons (Fsp3) is 0.333. The number of nitrogens with one attached hydrogen (secondary N) is 1. The third-order valence-corrected chi connectivity index (χ3v) is 5.75. The number of amides is 2. The van der Waals surface area contributed by atoms with E-state index in [9.17, 15) is 9.59 Å². The lowest BCUT2D eigenvalue weighted by Crippen LogP contribution is -2.41. The van der Waals surface area contributed by atoms with Crippen molar-refractivity contribution in [1.82, 2.24) is 4.90 Å². The number of methoxy groups -OCH3 is 1. The molecular weight excluding hydrogens is 360 g/mol. The summed E-state index contributed by atoms with van der Waals surface area (Å²) in [5, 5.41) is 2.91. The van der Waals surface area contributed by atoms with E-state index in [0.29, 0.717) is 30.3 Å². The maximum absolute atomic E-state index is 13.1. The Balaban J connectivity index is 1.38. The van der Waals surface area contributed by atoms with Gasteiger partial charge in [-0.05, 0) is 24.3 Å². The first kappa shape index (κ1) is 17.1. The largest absolute Gasteiger partial charge is 0.497 e. The highest BCUT2D eigenvalue weighted by Crippen LogP contribution is 2.52. The van der Waals surface area contributed by atoms with Crippen molar-refractivity contribution in [3.05, 3.63) is 60.6 Å². The van der Waals surface area contributed by atoms with Crippen molar-refractivity contribution in [2.24, 2.45) is 11.8 Å². The van der Waals surface area contributed by atoms with Crippen molar-refractivity contribution in [2.45, 2.75) is 18.2 Å². The van der Waals surface area contributed by atoms with Gasteiger partial charge in [0.25, 0.3) is 0 Å². The fourth-order valence-electron chi connectivity index (χ4n) is 4.53. The molecule has 3 unspecified atom stereocenters. The molecule has 2 saturated heterocycles. The molecule has 2 amide bonds. The van der Waals surface area contributed by atoms with E-state index in [1.165, 1.54) is 0 Å². The van der Waals surface area contributed by atoms with Crippen molar-refractivity contribution in [2.75, 3.05) is 19.0 Å². The monoisotopic (exact) mass is 380 g/mol. The highest BCUT2D eigenvalue weighted by atomic mass is 16.5. The van der Waals surface area contributed by atoms with Gasteiger partial charge in [-0.15, -0.1) is 0 Å². The third kappa shape index (κ3) is 2.54. The van der Waals surface area contributed by atoms with Gasteiger partial charge in [0.05, 0.1) is 44.4 Å². The highest BCUT2D eigenvalue weighted by molar-refractivity contribution is 5.99. The zero-order valence-electron chi connectivity index (χ0n) is 15.3. The molecule has 3 aliphatic rings. The van der Waals surface area contributed by atoms with Crippen LogP contribution in [0.15, 0.2) is 59.2 Å². The number of carbonyl (C=O) groups excluding carboxylic acids is 2. The molecule has 1 aromatic carbocycles. The van der Waals surface area contributed by atoms with Gasteiger partial charge in [0, 0.05) is 11.8 Å². The lowest BCUT2D eigenvalue weighted by atomic mass is 9.77. The van der Waals surface area contributed by atoms with Crippen LogP contribution in [0.2, 0.25) is 0 Å². The summed E-state index contributed by atoms with van der Waals surface area (Å²) in [5.41, 5.74) is -0.104. The number of benzene rings is 1. The number of anilines is 1. The van der Waals surface area contributed by atoms with Gasteiger partial charge in [0.15, 0.2) is 0 Å². The van der Waals surface area contributed by atoms with Crippen molar-refractivity contribution >= 4 is 17.5 Å². The number of carbonyl (C=O) groups is 2. The van der Waals surface area contributed by atoms with E-state index >= 15 is 0 Å². The molecule has 7 nitrogen and oxygen atoms in total. The average molecular weight is 380 g/mol. The van der Waals surface area contributed by atoms with Gasteiger partial charge in [0.1, 0.15) is 17.1 Å². The molecule has 0 radical (unpaired) electrons. The number of rotatable bonds is 5. The van der Waals surface area contributed by atoms with E-state index in [1.54, 1.807) is 48.6 Å². The van der Waals surface area contributed by atoms with E-state index in [0.717, 1.165) is 0 Å². The lowest BCUT2D eigenvalue weighted by molar-refractivity contribution is -0.136. The number of furan rings is 1. The smallest absolute Gasteiger partial charge is 0.231 e. The van der Waals surface area contributed by atoms with E-state index < -0.39 is 17.4 Å². The third-order valence-electron chi connectivity index (χ3n) is 5.75. The number of ether oxygens (including phenoxy) is 2. The van der Waals surface area contributed by atoms with E-state index in [1.807, 2.05) is 18.2 Å². The van der Waals surface area contributed by atoms with E-state index in [2.05, 4.69) is 5.32 Å². The lowest BCUT2D eigenvalue weighted by Gasteiger charge is -2.23. The van der Waals surface area contributed by atoms with Crippen molar-refractivity contribution in [1.29, 1.82) is 0 Å². The van der Waals surface area contributed by atoms with Gasteiger partial charge in [-0.3, -0.25) is 9.59 Å². The summed E-state index contributed by atoms with van der Waals surface area (Å²) in [6, 6.07) is 10.8. The molecule has 4 atom stereocenters. The maximum Gasteiger partial charge on any atom is 0.231 e. The Bertz CT molecular complexity index is 953. The Morgan fingerprint density at radius 1 is 1.36 bits per heavy atom. The molecular formula is C21H20N2O5. The summed E-state index contributed by atoms with van der Waals surface area (Å²) < 4.78 is 16.7. The SMILES string of the molecule is COc1cccc(NC(=O)C2C3C=C[C@@]4(CN(Cc5ccco5)C(=O)C24)O3)c1. The molecule has 4 heterocycles. The van der Waals surface area contributed by atoms with Crippen LogP contribution in [0, 0.1) is 11.8 Å². The van der Waals surface area contributed by atoms with Crippen LogP contribution in [0.5, 0.6) is 5.75 Å². The molecule has 2 fully saturated rings. The molecule has 0 aliphatic carbocycles. The minimum atomic E-state index is -0.731. The number of hydrogen-bond acceptors (Lipinski definition) is 5. The number of nitrogens with zero attached hydrogens (tertiary/aromatic N) is 1. The Hall–Kier alpha value is -3.06. The van der Waals surface area contributed by atoms with Crippen LogP contribution in [-0.4, -0.2) is 42.1 Å². The first-order valence-corrected chi connectivity index (χ1v) is 9.23. The number of likely N-dealkylation sites (tertiary alicyclic amines) is 1. The minimum absolute atomic E-state index is 0.0750. The molecule has 1 N–H and O–H groups in total. The first-order valence-electron chi connectivity index (χ1n) is 9.23. The van der Waals surface area contributed by atoms with Crippen LogP contribution in [0.3, 0.4) is 0 Å². The van der Waals surface area contributed by atoms with Crippen LogP contribution < -0.4 is 10.1 Å². The van der Waals surface area contributed by atoms with Crippen LogP contribution >= 0.6 is 0 Å². The molecule has 2 aromatic rings. The molecule has 28 heavy (non-hydrogen) atoms. The van der Waals surface area contributed by atoms with Crippen molar-refractivity contribution < 1.29 is 23.5 Å². The Morgan fingerprint density at radius 3 is 3.04 bits per heavy atom. The summed E-state index contributed by atoms with van der Waals surface area (Å²) >= 11 is 0. The zero-order chi connectivity index (χ0) is 19.3. The molecule has 144 valence electrons. The van der Waals surface area contributed by atoms with Gasteiger partial charge in [-0.25, -0.2) is 0 Å². The predicted octanol–water partition coefficient (Wildman–Crippen LogP) is 2.21. The fourth-order valence-corrected chi connectivity index (χ4v) is 4.53. The summed E-state index contributed by atoms with van der Waals surface area (Å²) in [4.78, 5) is 27.9. The molecule has 5 rings (SSSR count). The van der Waals surface area contributed by atoms with Gasteiger partial charge < -0.3 is 24.1 Å². The quantitative estimate of drug-likeness (QED) is 0.805. The van der Waals surface area contributed by atoms with E-state index in [4.69, 9.17) is 13.9 Å². The zero-order valence-corrected chi connectivity index (χ0v) is 15.3. The van der Waals surface area contributed by atoms with Crippen molar-refractivity contribution in [3.8, 4) is 5.75 Å². The number of hydrogen-bond donors (Lipinski definition) is 1. The predicted molar refractivity (Wildman–Crippen MR) is 99.5 cm³/mol. The van der Waals surface area contributed by atoms with Gasteiger partial charge >= 0.3 is 0 Å². The summed E-state index contributed by atoms with van der Waals surface area (Å²) in [6.45, 7) is 0.795. The Kier molecular flexibility index (Phi) is 3.80. The van der Waals surface area contributed by atoms with E-state index in [-0.39, 0.29) is 17.9 Å². The maximum atomic E-state index is 13.1. The average Bonchev–Trinajstić information content (AvgIpc) is 3.45. The van der Waals surface area contributed by atoms with Gasteiger partial charge in [-0.2, -0.15) is 0 Å². The van der Waals surface area contributed by atoms with Crippen LogP contribution in [0.25, 0.3) is 0 Å². The highest BCUT2D eigenvalue weighted by Gasteiger charge is 2.66. The van der Waals surface area contributed by atoms with Crippen LogP contribution in [0.4, 0.5) is 5.69 Å². The van der Waals surface area contributed by atoms with Crippen LogP contribution in [-0.2, 0) is 20.9 Å². The molecule has 7 heteroatoms. The molecule has 1 aromatic heterocycles. The summed E-state index contributed by atoms with van der Waals surface area (Å²) in [7, 11) is 1.57. The van der Waals surface area contributed by atoms with Gasteiger partial charge in [-0.1, -0.05) is 18.2 Å². The van der Waals surface area contributed by atoms with Crippen molar-refractivity contribution in [3.63, 3.8) is 0 Å². The normalized spacial score (nSPS) is 30.0. The van der Waals surface area contributed by atoms with Crippen LogP contribution in [0.1, 0.15) is 5.76 Å². The topological polar surface area (TPSA) is 81.0 Å². The standard InChI is InChI=1S/C21H20N2O5/c1-26-14-5-2-4-13(10-14)22-19(24)17-16-7-8-21(28-16)12-23(20(25)18(17)21)11-15-6-3-9-27-15/h2-10,16-18H,11-12H2,1H3,(H,22,24)/t16?,17?,18?,21-/m0/s1. The second kappa shape index (κ2) is 6.24. The second-order valence-electron chi connectivity index (χ2n) is 7.39. The minimum Gasteiger partial charge on any atom is -0.497 e. The Morgan fingerprint density at radius 2 is 2.25 bits per heavy atom. The number of fused-ring (bicyclic) bond motifs is 1.